The molecule has 0 amide bonds. The molecule has 2 aromatic heterocycles. The lowest BCUT2D eigenvalue weighted by atomic mass is 9.93. The van der Waals surface area contributed by atoms with Gasteiger partial charge < -0.3 is 9.52 Å². The van der Waals surface area contributed by atoms with E-state index >= 15 is 0 Å². The summed E-state index contributed by atoms with van der Waals surface area (Å²) in [5, 5.41) is 13.4. The fourth-order valence-electron chi connectivity index (χ4n) is 3.44. The minimum absolute atomic E-state index is 0.137. The third kappa shape index (κ3) is 3.64. The van der Waals surface area contributed by atoms with Gasteiger partial charge in [0.2, 0.25) is 0 Å². The van der Waals surface area contributed by atoms with Crippen LogP contribution in [-0.2, 0) is 13.1 Å². The first-order chi connectivity index (χ1) is 11.2. The lowest BCUT2D eigenvalue weighted by Gasteiger charge is -2.31. The molecule has 1 N–H and O–H groups in total. The summed E-state index contributed by atoms with van der Waals surface area (Å²) in [6.45, 7) is 7.97. The SMILES string of the molecule is CC(C)c1ocnc1CN1CCC(c2ccnn2CCO)CC1. The van der Waals surface area contributed by atoms with E-state index in [1.54, 1.807) is 6.39 Å². The fraction of sp³-hybridized carbons (Fsp3) is 0.647. The second kappa shape index (κ2) is 7.27. The van der Waals surface area contributed by atoms with E-state index in [0.29, 0.717) is 18.4 Å². The zero-order valence-electron chi connectivity index (χ0n) is 14.0. The molecule has 2 aromatic rings. The standard InChI is InChI=1S/C17H26N4O2/c1-13(2)17-15(18-12-23-17)11-20-7-4-14(5-8-20)16-3-6-19-21(16)9-10-22/h3,6,12-14,22H,4-5,7-11H2,1-2H3. The molecular formula is C17H26N4O2. The van der Waals surface area contributed by atoms with Gasteiger partial charge in [-0.3, -0.25) is 9.58 Å². The summed E-state index contributed by atoms with van der Waals surface area (Å²) in [6.07, 6.45) is 5.63. The van der Waals surface area contributed by atoms with E-state index < -0.39 is 0 Å². The Morgan fingerprint density at radius 3 is 2.83 bits per heavy atom. The molecule has 3 rings (SSSR count). The molecule has 0 saturated carbocycles. The molecule has 6 heteroatoms. The van der Waals surface area contributed by atoms with Crippen LogP contribution in [0.5, 0.6) is 0 Å². The van der Waals surface area contributed by atoms with Crippen LogP contribution in [0, 0.1) is 0 Å². The maximum Gasteiger partial charge on any atom is 0.181 e. The van der Waals surface area contributed by atoms with Gasteiger partial charge in [-0.15, -0.1) is 0 Å². The first kappa shape index (κ1) is 16.2. The average Bonchev–Trinajstić information content (AvgIpc) is 3.18. The number of aromatic nitrogens is 3. The second-order valence-electron chi connectivity index (χ2n) is 6.57. The smallest absolute Gasteiger partial charge is 0.181 e. The van der Waals surface area contributed by atoms with Gasteiger partial charge in [-0.2, -0.15) is 5.10 Å². The van der Waals surface area contributed by atoms with Crippen molar-refractivity contribution >= 4 is 0 Å². The van der Waals surface area contributed by atoms with E-state index in [9.17, 15) is 0 Å². The molecule has 0 atom stereocenters. The molecule has 1 aliphatic rings. The van der Waals surface area contributed by atoms with Gasteiger partial charge in [-0.25, -0.2) is 4.98 Å². The van der Waals surface area contributed by atoms with Crippen LogP contribution >= 0.6 is 0 Å². The maximum absolute atomic E-state index is 9.13. The highest BCUT2D eigenvalue weighted by Gasteiger charge is 2.24. The largest absolute Gasteiger partial charge is 0.448 e. The van der Waals surface area contributed by atoms with Gasteiger partial charge in [0.15, 0.2) is 6.39 Å². The first-order valence-corrected chi connectivity index (χ1v) is 8.46. The van der Waals surface area contributed by atoms with Crippen molar-refractivity contribution in [1.82, 2.24) is 19.7 Å². The Labute approximate surface area is 137 Å². The highest BCUT2D eigenvalue weighted by atomic mass is 16.3. The molecule has 0 aliphatic carbocycles. The quantitative estimate of drug-likeness (QED) is 0.885. The van der Waals surface area contributed by atoms with Gasteiger partial charge in [-0.05, 0) is 32.0 Å². The molecule has 126 valence electrons. The molecule has 0 bridgehead atoms. The topological polar surface area (TPSA) is 67.3 Å². The Kier molecular flexibility index (Phi) is 5.13. The van der Waals surface area contributed by atoms with E-state index in [-0.39, 0.29) is 6.61 Å². The fourth-order valence-corrected chi connectivity index (χ4v) is 3.44. The summed E-state index contributed by atoms with van der Waals surface area (Å²) in [4.78, 5) is 6.84. The van der Waals surface area contributed by atoms with Crippen LogP contribution < -0.4 is 0 Å². The van der Waals surface area contributed by atoms with Gasteiger partial charge in [0.1, 0.15) is 5.76 Å². The van der Waals surface area contributed by atoms with Crippen molar-refractivity contribution in [2.45, 2.75) is 51.6 Å². The minimum Gasteiger partial charge on any atom is -0.448 e. The molecular weight excluding hydrogens is 292 g/mol. The Balaban J connectivity index is 1.58. The third-order valence-electron chi connectivity index (χ3n) is 4.64. The van der Waals surface area contributed by atoms with Crippen LogP contribution in [0.2, 0.25) is 0 Å². The van der Waals surface area contributed by atoms with Crippen LogP contribution in [0.15, 0.2) is 23.1 Å². The summed E-state index contributed by atoms with van der Waals surface area (Å²) >= 11 is 0. The van der Waals surface area contributed by atoms with Crippen LogP contribution in [0.1, 0.15) is 55.7 Å². The van der Waals surface area contributed by atoms with Crippen LogP contribution in [0.25, 0.3) is 0 Å². The Morgan fingerprint density at radius 1 is 1.35 bits per heavy atom. The highest BCUT2D eigenvalue weighted by molar-refractivity contribution is 5.12. The van der Waals surface area contributed by atoms with Crippen molar-refractivity contribution in [3.05, 3.63) is 35.8 Å². The number of nitrogens with zero attached hydrogens (tertiary/aromatic N) is 4. The van der Waals surface area contributed by atoms with Gasteiger partial charge in [-0.1, -0.05) is 13.8 Å². The zero-order valence-corrected chi connectivity index (χ0v) is 14.0. The zero-order chi connectivity index (χ0) is 16.2. The summed E-state index contributed by atoms with van der Waals surface area (Å²) in [5.41, 5.74) is 2.33. The normalized spacial score (nSPS) is 17.2. The Hall–Kier alpha value is -1.66. The Bertz CT molecular complexity index is 612. The molecule has 3 heterocycles. The lowest BCUT2D eigenvalue weighted by Crippen LogP contribution is -2.33. The van der Waals surface area contributed by atoms with E-state index in [0.717, 1.165) is 43.9 Å². The van der Waals surface area contributed by atoms with Crippen molar-refractivity contribution < 1.29 is 9.52 Å². The van der Waals surface area contributed by atoms with Crippen molar-refractivity contribution in [3.8, 4) is 0 Å². The summed E-state index contributed by atoms with van der Waals surface area (Å²) in [5.74, 6) is 1.91. The molecule has 0 unspecified atom stereocenters. The van der Waals surface area contributed by atoms with Crippen LogP contribution in [0.3, 0.4) is 0 Å². The Morgan fingerprint density at radius 2 is 2.13 bits per heavy atom. The summed E-state index contributed by atoms with van der Waals surface area (Å²) < 4.78 is 7.46. The molecule has 1 saturated heterocycles. The predicted molar refractivity (Wildman–Crippen MR) is 87.2 cm³/mol. The molecule has 23 heavy (non-hydrogen) atoms. The number of hydrogen-bond donors (Lipinski definition) is 1. The van der Waals surface area contributed by atoms with Crippen LogP contribution in [-0.4, -0.2) is 44.5 Å². The lowest BCUT2D eigenvalue weighted by molar-refractivity contribution is 0.196. The van der Waals surface area contributed by atoms with Gasteiger partial charge in [0.25, 0.3) is 0 Å². The number of oxazole rings is 1. The maximum atomic E-state index is 9.13. The van der Waals surface area contributed by atoms with E-state index in [1.165, 1.54) is 5.69 Å². The number of likely N-dealkylation sites (tertiary alicyclic amines) is 1. The van der Waals surface area contributed by atoms with Crippen LogP contribution in [0.4, 0.5) is 0 Å². The van der Waals surface area contributed by atoms with Gasteiger partial charge in [0, 0.05) is 30.3 Å². The van der Waals surface area contributed by atoms with Crippen molar-refractivity contribution in [2.24, 2.45) is 0 Å². The molecule has 0 spiro atoms. The number of piperidine rings is 1. The van der Waals surface area contributed by atoms with Crippen molar-refractivity contribution in [3.63, 3.8) is 0 Å². The highest BCUT2D eigenvalue weighted by Crippen LogP contribution is 2.29. The average molecular weight is 318 g/mol. The number of aliphatic hydroxyl groups excluding tert-OH is 1. The van der Waals surface area contributed by atoms with Gasteiger partial charge in [0.05, 0.1) is 18.8 Å². The van der Waals surface area contributed by atoms with E-state index in [2.05, 4.69) is 34.9 Å². The van der Waals surface area contributed by atoms with Crippen molar-refractivity contribution in [2.75, 3.05) is 19.7 Å². The molecule has 0 aromatic carbocycles. The first-order valence-electron chi connectivity index (χ1n) is 8.46. The molecule has 6 nitrogen and oxygen atoms in total. The molecule has 1 fully saturated rings. The predicted octanol–water partition coefficient (Wildman–Crippen LogP) is 2.37. The number of aliphatic hydroxyl groups is 1. The van der Waals surface area contributed by atoms with Crippen molar-refractivity contribution in [1.29, 1.82) is 0 Å². The second-order valence-corrected chi connectivity index (χ2v) is 6.57. The summed E-state index contributed by atoms with van der Waals surface area (Å²) in [7, 11) is 0. The number of rotatable bonds is 6. The number of hydrogen-bond acceptors (Lipinski definition) is 5. The molecule has 0 radical (unpaired) electrons. The monoisotopic (exact) mass is 318 g/mol. The minimum atomic E-state index is 0.137. The van der Waals surface area contributed by atoms with E-state index in [4.69, 9.17) is 9.52 Å². The summed E-state index contributed by atoms with van der Waals surface area (Å²) in [6, 6.07) is 2.09. The van der Waals surface area contributed by atoms with E-state index in [1.807, 2.05) is 10.9 Å². The molecule has 1 aliphatic heterocycles. The van der Waals surface area contributed by atoms with Gasteiger partial charge >= 0.3 is 0 Å². The third-order valence-corrected chi connectivity index (χ3v) is 4.64.